The molecule has 38 heteroatoms. The minimum Gasteiger partial charge on any atom is -0.412 e. The molecule has 9 rings (SSSR count). The first-order valence-electron chi connectivity index (χ1n) is 18.3. The number of nitrogen functional groups attached to an aromatic ring is 2. The predicted octanol–water partition coefficient (Wildman–Crippen LogP) is -9.31. The van der Waals surface area contributed by atoms with Gasteiger partial charge in [0.2, 0.25) is 0 Å². The molecule has 1 aromatic carbocycles. The fourth-order valence-corrected chi connectivity index (χ4v) is 6.59. The number of aryl methyl sites for hydroxylation is 3. The molecule has 456 valence electrons. The van der Waals surface area contributed by atoms with Crippen LogP contribution in [0, 0.1) is 0 Å². The van der Waals surface area contributed by atoms with Crippen molar-refractivity contribution in [2.45, 2.75) is 52.0 Å². The van der Waals surface area contributed by atoms with Gasteiger partial charge in [-0.2, -0.15) is 0 Å². The van der Waals surface area contributed by atoms with E-state index in [1.165, 1.54) is 56.4 Å². The molecule has 0 aliphatic heterocycles. The maximum absolute atomic E-state index is 13.1. The zero-order valence-corrected chi connectivity index (χ0v) is 39.1. The summed E-state index contributed by atoms with van der Waals surface area (Å²) in [4.78, 5) is 189. The molecular formula is C43H72N16O22. The van der Waals surface area contributed by atoms with Gasteiger partial charge in [-0.05, 0) is 0 Å². The lowest BCUT2D eigenvalue weighted by molar-refractivity contribution is -0.158. The summed E-state index contributed by atoms with van der Waals surface area (Å²) in [6.45, 7) is 0. The van der Waals surface area contributed by atoms with Gasteiger partial charge in [0.05, 0.1) is 0 Å². The van der Waals surface area contributed by atoms with Crippen molar-refractivity contribution in [3.63, 3.8) is 0 Å². The molecule has 7 aromatic heterocycles. The third-order valence-corrected chi connectivity index (χ3v) is 10.5. The van der Waals surface area contributed by atoms with E-state index in [4.69, 9.17) is 11.5 Å². The highest BCUT2D eigenvalue weighted by molar-refractivity contribution is 7.08. The molecular weight excluding hydrogens is 1090 g/mol. The third kappa shape index (κ3) is 13.0. The predicted molar refractivity (Wildman–Crippen MR) is 302 cm³/mol. The number of nitrogens with two attached hydrogens (primary N) is 2. The van der Waals surface area contributed by atoms with Crippen LogP contribution >= 0.6 is 0 Å². The number of fused-ring (bicyclic) bond motifs is 9. The molecule has 0 radical (unpaired) electrons. The van der Waals surface area contributed by atoms with Crippen LogP contribution in [-0.2, 0) is 85.1 Å². The maximum atomic E-state index is 13.1. The molecule has 81 heavy (non-hydrogen) atoms. The van der Waals surface area contributed by atoms with Gasteiger partial charge in [-0.25, -0.2) is 49.1 Å². The second-order valence-corrected chi connectivity index (χ2v) is 14.4. The van der Waals surface area contributed by atoms with E-state index in [0.29, 0.717) is 0 Å². The largest absolute Gasteiger partial charge is 0.412 e. The monoisotopic (exact) mass is 1160 g/mol. The summed E-state index contributed by atoms with van der Waals surface area (Å²) in [5.41, 5.74) is 4.79. The van der Waals surface area contributed by atoms with Crippen LogP contribution in [0.1, 0.15) is 52.0 Å². The quantitative estimate of drug-likeness (QED) is 0.0809. The molecule has 38 nitrogen and oxygen atoms in total. The summed E-state index contributed by atoms with van der Waals surface area (Å²) in [6, 6.07) is 0. The summed E-state index contributed by atoms with van der Waals surface area (Å²) < 4.78 is 8.05. The van der Waals surface area contributed by atoms with Crippen molar-refractivity contribution in [3.05, 3.63) is 83.4 Å². The fourth-order valence-electron chi connectivity index (χ4n) is 6.59. The highest BCUT2D eigenvalue weighted by atomic mass is 16.2. The molecule has 1 aliphatic rings. The number of hydrogen-bond acceptors (Lipinski definition) is 22. The second-order valence-electron chi connectivity index (χ2n) is 14.4. The topological polar surface area (TPSA) is 660 Å². The number of carbonyl (C=O) groups excluding carboxylic acids is 6. The molecule has 0 amide bonds. The Kier molecular flexibility index (Phi) is 34.5. The average molecular weight is 1170 g/mol. The SMILES string of the molecule is C.C.C.C.C.C.C.Cn1c(=O)c2nc3c4nc5c(=O)n(C)c(=O)n(C)c5nc4c4nc5c(nc4c3nc2n(C)c1=O)c(=O)n(C)c(=O)n5C.Cn1c(N)c(N)c(=O)n(C)c1=O.O.O.O.O.O.O.O.O.O=C1C(=O)C(=O)C(=O)C(=O)C1=O. The van der Waals surface area contributed by atoms with Crippen LogP contribution in [0.4, 0.5) is 11.5 Å². The second kappa shape index (κ2) is 30.8. The van der Waals surface area contributed by atoms with Gasteiger partial charge >= 0.3 is 22.8 Å². The molecule has 8 aromatic rings. The Hall–Kier alpha value is -9.96. The number of anilines is 2. The molecule has 1 saturated carbocycles. The van der Waals surface area contributed by atoms with Crippen LogP contribution in [0.5, 0.6) is 0 Å². The zero-order chi connectivity index (χ0) is 49.0. The molecule has 0 spiro atoms. The van der Waals surface area contributed by atoms with Gasteiger partial charge in [0, 0.05) is 56.4 Å². The van der Waals surface area contributed by atoms with E-state index < -0.39 is 79.7 Å². The lowest BCUT2D eigenvalue weighted by Gasteiger charge is -2.13. The number of hydrogen-bond donors (Lipinski definition) is 2. The van der Waals surface area contributed by atoms with E-state index in [2.05, 4.69) is 29.9 Å². The highest BCUT2D eigenvalue weighted by Crippen LogP contribution is 2.31. The van der Waals surface area contributed by atoms with E-state index in [1.54, 1.807) is 0 Å². The Morgan fingerprint density at radius 3 is 0.630 bits per heavy atom. The summed E-state index contributed by atoms with van der Waals surface area (Å²) in [5, 5.41) is 0. The zero-order valence-electron chi connectivity index (χ0n) is 39.1. The number of ketones is 6. The van der Waals surface area contributed by atoms with Crippen LogP contribution < -0.4 is 56.5 Å². The van der Waals surface area contributed by atoms with Crippen molar-refractivity contribution in [2.24, 2.45) is 56.4 Å². The van der Waals surface area contributed by atoms with Crippen LogP contribution in [-0.4, -0.2) is 145 Å². The fraction of sp³-hybridized carbons (Fsp3) is 0.349. The lowest BCUT2D eigenvalue weighted by atomic mass is 9.93. The van der Waals surface area contributed by atoms with Crippen molar-refractivity contribution < 1.29 is 72.6 Å². The Labute approximate surface area is 454 Å². The highest BCUT2D eigenvalue weighted by Gasteiger charge is 2.47. The Morgan fingerprint density at radius 1 is 0.247 bits per heavy atom. The summed E-state index contributed by atoms with van der Waals surface area (Å²) in [5.74, 6) is -10.4. The Bertz CT molecular complexity index is 4120. The van der Waals surface area contributed by atoms with Crippen molar-refractivity contribution in [2.75, 3.05) is 11.5 Å². The smallest absolute Gasteiger partial charge is 0.332 e. The normalized spacial score (nSPS) is 10.6. The molecule has 0 unspecified atom stereocenters. The minimum absolute atomic E-state index is 0. The van der Waals surface area contributed by atoms with E-state index in [1.807, 2.05) is 0 Å². The first-order valence-corrected chi connectivity index (χ1v) is 18.3. The summed E-state index contributed by atoms with van der Waals surface area (Å²) in [6.07, 6.45) is 0. The number of aromatic nitrogens is 14. The number of Topliss-reactive ketones (excluding diaryl/α,β-unsaturated/α-hetero) is 6. The molecule has 1 aliphatic carbocycles. The first-order chi connectivity index (χ1) is 30.8. The van der Waals surface area contributed by atoms with Gasteiger partial charge in [-0.1, -0.05) is 52.0 Å². The van der Waals surface area contributed by atoms with Crippen molar-refractivity contribution in [1.29, 1.82) is 0 Å². The Morgan fingerprint density at radius 2 is 0.420 bits per heavy atom. The van der Waals surface area contributed by atoms with Crippen LogP contribution in [0.15, 0.2) is 38.4 Å². The summed E-state index contributed by atoms with van der Waals surface area (Å²) in [7, 11) is 10.9. The lowest BCUT2D eigenvalue weighted by Crippen LogP contribution is -2.49. The number of nitrogens with zero attached hydrogens (tertiary/aromatic N) is 14. The van der Waals surface area contributed by atoms with Gasteiger partial charge in [-0.15, -0.1) is 0 Å². The maximum Gasteiger partial charge on any atom is 0.332 e. The van der Waals surface area contributed by atoms with Gasteiger partial charge in [0.1, 0.15) is 44.6 Å². The van der Waals surface area contributed by atoms with Gasteiger partial charge < -0.3 is 55.3 Å². The molecule has 7 heterocycles. The Balaban J connectivity index is -0.000000162. The molecule has 0 atom stereocenters. The van der Waals surface area contributed by atoms with Crippen LogP contribution in [0.2, 0.25) is 0 Å². The van der Waals surface area contributed by atoms with Crippen LogP contribution in [0.3, 0.4) is 0 Å². The number of rotatable bonds is 0. The van der Waals surface area contributed by atoms with Gasteiger partial charge in [0.15, 0.2) is 33.5 Å². The molecule has 1 fully saturated rings. The average Bonchev–Trinajstić information content (AvgIpc) is 3.32. The van der Waals surface area contributed by atoms with Crippen molar-refractivity contribution >= 4 is 113 Å². The number of benzene rings is 1. The number of carbonyl (C=O) groups is 6. The first kappa shape index (κ1) is 90.5. The van der Waals surface area contributed by atoms with Crippen molar-refractivity contribution in [3.8, 4) is 0 Å². The molecule has 0 bridgehead atoms. The third-order valence-electron chi connectivity index (χ3n) is 10.5. The van der Waals surface area contributed by atoms with Crippen molar-refractivity contribution in [1.82, 2.24) is 66.4 Å². The van der Waals surface area contributed by atoms with E-state index >= 15 is 0 Å². The van der Waals surface area contributed by atoms with Crippen LogP contribution in [0.25, 0.3) is 66.6 Å². The van der Waals surface area contributed by atoms with Gasteiger partial charge in [-0.3, -0.25) is 84.5 Å². The van der Waals surface area contributed by atoms with Gasteiger partial charge in [0.25, 0.3) is 56.9 Å². The standard InChI is InChI=1S/C24H18N12O6.C6H10N4O2.C6O6.7CH4.8H2O/c1-31-16-13(19(37)34(4)22(31)40)25-7-8-11(29-17-14(26-8)20(38)35(5)23(41)32(17)2)12-9(10(7)28-16)27-15-18(30-12)33(3)24(42)36(6)21(15)39;1-9-4(8)3(7)5(11)10(2)6(9)12;7-1-2(8)4(10)6(12)5(11)3(1)9;;;;;;;;;;;;;;;/h1-6H3;7-8H2,1-2H3;;7*1H4;8*1H2. The molecule has 20 N–H and O–H groups in total. The van der Waals surface area contributed by atoms with E-state index in [0.717, 1.165) is 36.5 Å². The minimum atomic E-state index is -1.73. The van der Waals surface area contributed by atoms with E-state index in [9.17, 15) is 67.1 Å². The summed E-state index contributed by atoms with van der Waals surface area (Å²) >= 11 is 0. The van der Waals surface area contributed by atoms with E-state index in [-0.39, 0.29) is 174 Å². The molecule has 0 saturated heterocycles.